The van der Waals surface area contributed by atoms with Gasteiger partial charge < -0.3 is 14.1 Å². The van der Waals surface area contributed by atoms with Crippen LogP contribution < -0.4 is 10.5 Å². The van der Waals surface area contributed by atoms with Crippen LogP contribution in [0.2, 0.25) is 0 Å². The second kappa shape index (κ2) is 7.80. The first-order valence-corrected chi connectivity index (χ1v) is 10.4. The molecule has 3 aromatic carbocycles. The molecule has 0 spiro atoms. The first-order valence-electron chi connectivity index (χ1n) is 10.4. The van der Waals surface area contributed by atoms with Crippen LogP contribution in [0.5, 0.6) is 5.75 Å². The molecule has 1 atom stereocenters. The molecule has 1 N–H and O–H groups in total. The molecule has 1 aliphatic rings. The first kappa shape index (κ1) is 19.2. The largest absolute Gasteiger partial charge is 0.494 e. The van der Waals surface area contributed by atoms with Gasteiger partial charge in [0.1, 0.15) is 5.75 Å². The number of rotatable bonds is 6. The van der Waals surface area contributed by atoms with Crippen molar-refractivity contribution in [2.45, 2.75) is 25.9 Å². The van der Waals surface area contributed by atoms with Crippen molar-refractivity contribution in [3.05, 3.63) is 99.5 Å². The van der Waals surface area contributed by atoms with Gasteiger partial charge in [-0.25, -0.2) is 4.79 Å². The smallest absolute Gasteiger partial charge is 0.417 e. The third kappa shape index (κ3) is 3.50. The summed E-state index contributed by atoms with van der Waals surface area (Å²) < 4.78 is 11.0. The standard InChI is InChI=1S/C25H22N2O4/c1-2-30-22-10-6-3-7-17(22)14-21-18-8-4-5-9-19(18)24(28)27(21)15-16-11-12-20-23(13-16)31-25(29)26-20/h3-13,21H,2,14-15H2,1H3,(H,26,29). The summed E-state index contributed by atoms with van der Waals surface area (Å²) in [5.41, 5.74) is 4.86. The molecule has 1 unspecified atom stereocenters. The summed E-state index contributed by atoms with van der Waals surface area (Å²) in [6, 6.07) is 21.2. The van der Waals surface area contributed by atoms with E-state index in [9.17, 15) is 9.59 Å². The number of hydrogen-bond donors (Lipinski definition) is 1. The first-order chi connectivity index (χ1) is 15.1. The van der Waals surface area contributed by atoms with E-state index < -0.39 is 5.76 Å². The molecule has 5 rings (SSSR count). The topological polar surface area (TPSA) is 75.5 Å². The Morgan fingerprint density at radius 3 is 2.71 bits per heavy atom. The molecule has 0 fully saturated rings. The molecule has 0 bridgehead atoms. The fraction of sp³-hybridized carbons (Fsp3) is 0.200. The molecule has 156 valence electrons. The van der Waals surface area contributed by atoms with Crippen molar-refractivity contribution in [3.63, 3.8) is 0 Å². The lowest BCUT2D eigenvalue weighted by molar-refractivity contribution is 0.0708. The highest BCUT2D eigenvalue weighted by molar-refractivity contribution is 5.99. The zero-order chi connectivity index (χ0) is 21.4. The summed E-state index contributed by atoms with van der Waals surface area (Å²) in [5.74, 6) is 0.365. The van der Waals surface area contributed by atoms with Gasteiger partial charge in [0.25, 0.3) is 5.91 Å². The summed E-state index contributed by atoms with van der Waals surface area (Å²) in [7, 11) is 0. The molecular weight excluding hydrogens is 392 g/mol. The minimum atomic E-state index is -0.484. The van der Waals surface area contributed by atoms with Crippen LogP contribution in [0.3, 0.4) is 0 Å². The number of fused-ring (bicyclic) bond motifs is 2. The molecule has 1 amide bonds. The number of hydrogen-bond acceptors (Lipinski definition) is 4. The number of carbonyl (C=O) groups excluding carboxylic acids is 1. The van der Waals surface area contributed by atoms with E-state index >= 15 is 0 Å². The van der Waals surface area contributed by atoms with E-state index in [1.165, 1.54) is 0 Å². The maximum Gasteiger partial charge on any atom is 0.417 e. The van der Waals surface area contributed by atoms with Crippen molar-refractivity contribution in [3.8, 4) is 5.75 Å². The normalized spacial score (nSPS) is 15.5. The Hall–Kier alpha value is -3.80. The molecule has 6 nitrogen and oxygen atoms in total. The number of oxazole rings is 1. The van der Waals surface area contributed by atoms with E-state index in [0.29, 0.717) is 30.7 Å². The van der Waals surface area contributed by atoms with Crippen molar-refractivity contribution < 1.29 is 13.9 Å². The molecule has 2 heterocycles. The second-order valence-electron chi connectivity index (χ2n) is 7.63. The SMILES string of the molecule is CCOc1ccccc1CC1c2ccccc2C(=O)N1Cc1ccc2[nH]c(=O)oc2c1. The predicted molar refractivity (Wildman–Crippen MR) is 117 cm³/mol. The number of amides is 1. The Morgan fingerprint density at radius 2 is 1.84 bits per heavy atom. The lowest BCUT2D eigenvalue weighted by atomic mass is 9.97. The van der Waals surface area contributed by atoms with Crippen LogP contribution in [0.1, 0.15) is 40.0 Å². The highest BCUT2D eigenvalue weighted by atomic mass is 16.5. The molecule has 0 saturated heterocycles. The van der Waals surface area contributed by atoms with Crippen LogP contribution in [0, 0.1) is 0 Å². The monoisotopic (exact) mass is 414 g/mol. The summed E-state index contributed by atoms with van der Waals surface area (Å²) in [5, 5.41) is 0. The summed E-state index contributed by atoms with van der Waals surface area (Å²) in [4.78, 5) is 29.3. The molecule has 6 heteroatoms. The van der Waals surface area contributed by atoms with Gasteiger partial charge in [-0.05, 0) is 47.9 Å². The maximum absolute atomic E-state index is 13.3. The van der Waals surface area contributed by atoms with Gasteiger partial charge in [-0.1, -0.05) is 42.5 Å². The molecule has 0 radical (unpaired) electrons. The maximum atomic E-state index is 13.3. The zero-order valence-corrected chi connectivity index (χ0v) is 17.1. The number of aromatic amines is 1. The lowest BCUT2D eigenvalue weighted by Crippen LogP contribution is -2.29. The third-order valence-corrected chi connectivity index (χ3v) is 5.71. The molecule has 1 aromatic heterocycles. The van der Waals surface area contributed by atoms with E-state index in [-0.39, 0.29) is 11.9 Å². The van der Waals surface area contributed by atoms with Crippen LogP contribution in [0.25, 0.3) is 11.1 Å². The Morgan fingerprint density at radius 1 is 1.03 bits per heavy atom. The van der Waals surface area contributed by atoms with Gasteiger partial charge in [0, 0.05) is 18.5 Å². The van der Waals surface area contributed by atoms with Crippen molar-refractivity contribution >= 4 is 17.0 Å². The van der Waals surface area contributed by atoms with Crippen LogP contribution >= 0.6 is 0 Å². The molecular formula is C25H22N2O4. The fourth-order valence-electron chi connectivity index (χ4n) is 4.31. The minimum Gasteiger partial charge on any atom is -0.494 e. The number of nitrogens with zero attached hydrogens (tertiary/aromatic N) is 1. The van der Waals surface area contributed by atoms with Crippen LogP contribution in [0.4, 0.5) is 0 Å². The third-order valence-electron chi connectivity index (χ3n) is 5.71. The molecule has 0 saturated carbocycles. The number of ether oxygens (including phenoxy) is 1. The van der Waals surface area contributed by atoms with Crippen LogP contribution in [-0.2, 0) is 13.0 Å². The van der Waals surface area contributed by atoms with Crippen LogP contribution in [0.15, 0.2) is 75.9 Å². The predicted octanol–water partition coefficient (Wildman–Crippen LogP) is 4.46. The van der Waals surface area contributed by atoms with E-state index in [0.717, 1.165) is 28.0 Å². The van der Waals surface area contributed by atoms with Crippen LogP contribution in [-0.4, -0.2) is 22.4 Å². The zero-order valence-electron chi connectivity index (χ0n) is 17.1. The van der Waals surface area contributed by atoms with E-state index in [1.54, 1.807) is 0 Å². The fourth-order valence-corrected chi connectivity index (χ4v) is 4.31. The Bertz CT molecular complexity index is 1320. The van der Waals surface area contributed by atoms with Gasteiger partial charge in [-0.15, -0.1) is 0 Å². The van der Waals surface area contributed by atoms with Crippen molar-refractivity contribution in [1.29, 1.82) is 0 Å². The highest BCUT2D eigenvalue weighted by Gasteiger charge is 2.36. The molecule has 0 aliphatic carbocycles. The van der Waals surface area contributed by atoms with Gasteiger partial charge in [0.05, 0.1) is 18.2 Å². The van der Waals surface area contributed by atoms with Gasteiger partial charge in [0.15, 0.2) is 5.58 Å². The quantitative estimate of drug-likeness (QED) is 0.505. The Balaban J connectivity index is 1.51. The molecule has 31 heavy (non-hydrogen) atoms. The highest BCUT2D eigenvalue weighted by Crippen LogP contribution is 2.38. The van der Waals surface area contributed by atoms with Gasteiger partial charge in [-0.3, -0.25) is 9.78 Å². The Kier molecular flexibility index (Phi) is 4.82. The number of benzene rings is 3. The minimum absolute atomic E-state index is 0.00473. The Labute approximate surface area is 179 Å². The van der Waals surface area contributed by atoms with E-state index in [1.807, 2.05) is 72.5 Å². The van der Waals surface area contributed by atoms with Crippen molar-refractivity contribution in [1.82, 2.24) is 9.88 Å². The second-order valence-corrected chi connectivity index (χ2v) is 7.63. The number of H-pyrrole nitrogens is 1. The van der Waals surface area contributed by atoms with Crippen molar-refractivity contribution in [2.75, 3.05) is 6.61 Å². The average Bonchev–Trinajstić information content (AvgIpc) is 3.27. The number of carbonyl (C=O) groups is 1. The van der Waals surface area contributed by atoms with E-state index in [4.69, 9.17) is 9.15 Å². The van der Waals surface area contributed by atoms with Gasteiger partial charge in [-0.2, -0.15) is 0 Å². The molecule has 1 aliphatic heterocycles. The van der Waals surface area contributed by atoms with Crippen molar-refractivity contribution in [2.24, 2.45) is 0 Å². The lowest BCUT2D eigenvalue weighted by Gasteiger charge is -2.26. The molecule has 4 aromatic rings. The average molecular weight is 414 g/mol. The van der Waals surface area contributed by atoms with Gasteiger partial charge in [0.2, 0.25) is 0 Å². The van der Waals surface area contributed by atoms with E-state index in [2.05, 4.69) is 11.1 Å². The summed E-state index contributed by atoms with van der Waals surface area (Å²) in [6.07, 6.45) is 0.653. The van der Waals surface area contributed by atoms with Gasteiger partial charge >= 0.3 is 5.76 Å². The number of para-hydroxylation sites is 1. The summed E-state index contributed by atoms with van der Waals surface area (Å²) in [6.45, 7) is 2.97. The number of nitrogens with one attached hydrogen (secondary N) is 1. The number of aromatic nitrogens is 1. The summed E-state index contributed by atoms with van der Waals surface area (Å²) >= 11 is 0.